The lowest BCUT2D eigenvalue weighted by Gasteiger charge is -2.36. The summed E-state index contributed by atoms with van der Waals surface area (Å²) in [6, 6.07) is 16.9. The number of carbonyl (C=O) groups is 1. The fraction of sp³-hybridized carbons (Fsp3) is 0.370. The average Bonchev–Trinajstić information content (AvgIpc) is 3.40. The number of hydrogen-bond acceptors (Lipinski definition) is 7. The summed E-state index contributed by atoms with van der Waals surface area (Å²) in [7, 11) is 0. The van der Waals surface area contributed by atoms with Crippen molar-refractivity contribution in [2.45, 2.75) is 33.4 Å². The lowest BCUT2D eigenvalue weighted by Crippen LogP contribution is -2.49. The second-order valence-electron chi connectivity index (χ2n) is 9.60. The maximum absolute atomic E-state index is 13.6. The molecule has 1 amide bonds. The molecule has 3 heterocycles. The predicted molar refractivity (Wildman–Crippen MR) is 136 cm³/mol. The van der Waals surface area contributed by atoms with Crippen molar-refractivity contribution in [3.05, 3.63) is 76.5 Å². The molecule has 0 aliphatic carbocycles. The van der Waals surface area contributed by atoms with Crippen molar-refractivity contribution in [3.63, 3.8) is 0 Å². The van der Waals surface area contributed by atoms with Gasteiger partial charge in [-0.25, -0.2) is 4.68 Å². The molecule has 1 aliphatic heterocycles. The second-order valence-corrected chi connectivity index (χ2v) is 9.60. The van der Waals surface area contributed by atoms with Crippen LogP contribution in [0.4, 0.5) is 0 Å². The van der Waals surface area contributed by atoms with Gasteiger partial charge in [-0.05, 0) is 18.9 Å². The summed E-state index contributed by atoms with van der Waals surface area (Å²) < 4.78 is 6.99. The Bertz CT molecular complexity index is 1420. The van der Waals surface area contributed by atoms with E-state index in [0.29, 0.717) is 60.9 Å². The normalized spacial score (nSPS) is 15.5. The van der Waals surface area contributed by atoms with Crippen molar-refractivity contribution in [3.8, 4) is 11.4 Å². The van der Waals surface area contributed by atoms with Crippen molar-refractivity contribution < 1.29 is 9.32 Å². The molecule has 9 nitrogen and oxygen atoms in total. The van der Waals surface area contributed by atoms with Gasteiger partial charge in [0.15, 0.2) is 5.69 Å². The van der Waals surface area contributed by atoms with Crippen LogP contribution < -0.4 is 5.56 Å². The number of fused-ring (bicyclic) bond motifs is 1. The third kappa shape index (κ3) is 4.66. The topological polar surface area (TPSA) is 97.4 Å². The maximum atomic E-state index is 13.6. The van der Waals surface area contributed by atoms with E-state index >= 15 is 0 Å². The molecule has 9 heteroatoms. The van der Waals surface area contributed by atoms with E-state index in [2.05, 4.69) is 20.1 Å². The monoisotopic (exact) mass is 486 g/mol. The fourth-order valence-corrected chi connectivity index (χ4v) is 4.59. The summed E-state index contributed by atoms with van der Waals surface area (Å²) in [5.74, 6) is 1.21. The van der Waals surface area contributed by atoms with Gasteiger partial charge in [0.25, 0.3) is 11.5 Å². The van der Waals surface area contributed by atoms with E-state index in [1.807, 2.05) is 68.1 Å². The number of amides is 1. The highest BCUT2D eigenvalue weighted by Crippen LogP contribution is 2.24. The predicted octanol–water partition coefficient (Wildman–Crippen LogP) is 3.62. The minimum absolute atomic E-state index is 0.0703. The number of carbonyl (C=O) groups excluding carboxylic acids is 1. The van der Waals surface area contributed by atoms with Crippen molar-refractivity contribution in [1.29, 1.82) is 0 Å². The van der Waals surface area contributed by atoms with Crippen molar-refractivity contribution in [1.82, 2.24) is 29.7 Å². The lowest BCUT2D eigenvalue weighted by molar-refractivity contribution is 0.0546. The molecule has 1 fully saturated rings. The van der Waals surface area contributed by atoms with Gasteiger partial charge < -0.3 is 9.42 Å². The molecule has 1 saturated heterocycles. The quantitative estimate of drug-likeness (QED) is 0.411. The molecular formula is C27H30N6O3. The van der Waals surface area contributed by atoms with Crippen LogP contribution in [0.15, 0.2) is 63.9 Å². The fourth-order valence-electron chi connectivity index (χ4n) is 4.59. The summed E-state index contributed by atoms with van der Waals surface area (Å²) in [5.41, 5.74) is 1.08. The van der Waals surface area contributed by atoms with Gasteiger partial charge in [-0.1, -0.05) is 67.5 Å². The Morgan fingerprint density at radius 1 is 0.944 bits per heavy atom. The number of aromatic nitrogens is 4. The van der Waals surface area contributed by atoms with E-state index in [1.54, 1.807) is 12.1 Å². The van der Waals surface area contributed by atoms with Gasteiger partial charge in [0.1, 0.15) is 0 Å². The Hall–Kier alpha value is -3.85. The highest BCUT2D eigenvalue weighted by molar-refractivity contribution is 6.04. The number of nitrogens with zero attached hydrogens (tertiary/aromatic N) is 6. The van der Waals surface area contributed by atoms with Crippen molar-refractivity contribution >= 4 is 16.7 Å². The van der Waals surface area contributed by atoms with Crippen molar-refractivity contribution in [2.75, 3.05) is 26.2 Å². The molecule has 0 spiro atoms. The maximum Gasteiger partial charge on any atom is 0.275 e. The minimum Gasteiger partial charge on any atom is -0.337 e. The van der Waals surface area contributed by atoms with Crippen LogP contribution in [-0.2, 0) is 6.54 Å². The van der Waals surface area contributed by atoms with Crippen molar-refractivity contribution in [2.24, 2.45) is 5.92 Å². The Morgan fingerprint density at radius 3 is 2.31 bits per heavy atom. The summed E-state index contributed by atoms with van der Waals surface area (Å²) in [6.07, 6.45) is 0. The van der Waals surface area contributed by atoms with Crippen LogP contribution in [0.2, 0.25) is 0 Å². The molecule has 36 heavy (non-hydrogen) atoms. The highest BCUT2D eigenvalue weighted by atomic mass is 16.5. The molecule has 4 aromatic rings. The van der Waals surface area contributed by atoms with Crippen LogP contribution in [0.3, 0.4) is 0 Å². The third-order valence-corrected chi connectivity index (χ3v) is 6.59. The molecule has 0 N–H and O–H groups in total. The van der Waals surface area contributed by atoms with E-state index < -0.39 is 0 Å². The van der Waals surface area contributed by atoms with Gasteiger partial charge in [0, 0.05) is 43.7 Å². The first-order chi connectivity index (χ1) is 17.4. The van der Waals surface area contributed by atoms with Gasteiger partial charge in [-0.3, -0.25) is 14.5 Å². The zero-order valence-corrected chi connectivity index (χ0v) is 20.8. The summed E-state index contributed by atoms with van der Waals surface area (Å²) in [4.78, 5) is 35.1. The number of benzene rings is 2. The van der Waals surface area contributed by atoms with E-state index in [9.17, 15) is 9.59 Å². The molecule has 186 valence electrons. The average molecular weight is 487 g/mol. The largest absolute Gasteiger partial charge is 0.337 e. The van der Waals surface area contributed by atoms with Crippen LogP contribution in [0.1, 0.15) is 43.2 Å². The smallest absolute Gasteiger partial charge is 0.275 e. The molecule has 1 unspecified atom stereocenters. The van der Waals surface area contributed by atoms with Crippen LogP contribution in [0.5, 0.6) is 0 Å². The molecule has 1 atom stereocenters. The van der Waals surface area contributed by atoms with Gasteiger partial charge >= 0.3 is 0 Å². The molecule has 2 aromatic heterocycles. The molecule has 1 aliphatic rings. The van der Waals surface area contributed by atoms with Gasteiger partial charge in [-0.15, -0.1) is 0 Å². The van der Waals surface area contributed by atoms with E-state index in [0.717, 1.165) is 5.56 Å². The van der Waals surface area contributed by atoms with E-state index in [4.69, 9.17) is 4.52 Å². The lowest BCUT2D eigenvalue weighted by atomic mass is 10.1. The van der Waals surface area contributed by atoms with Crippen LogP contribution in [-0.4, -0.2) is 61.8 Å². The standard InChI is InChI=1S/C27H30N6O3/c1-18(2)17-33-26(34)22-12-8-7-11-21(22)23(29-33)27(35)32-15-13-31(14-16-32)19(3)25-28-24(30-36-25)20-9-5-4-6-10-20/h4-12,18-19H,13-17H2,1-3H3. The molecule has 2 aromatic carbocycles. The Morgan fingerprint density at radius 2 is 1.61 bits per heavy atom. The first-order valence-electron chi connectivity index (χ1n) is 12.3. The third-order valence-electron chi connectivity index (χ3n) is 6.59. The number of hydrogen-bond donors (Lipinski definition) is 0. The second kappa shape index (κ2) is 10.0. The highest BCUT2D eigenvalue weighted by Gasteiger charge is 2.30. The first-order valence-corrected chi connectivity index (χ1v) is 12.3. The van der Waals surface area contributed by atoms with Gasteiger partial charge in [0.05, 0.1) is 11.4 Å². The molecule has 0 saturated carbocycles. The summed E-state index contributed by atoms with van der Waals surface area (Å²) >= 11 is 0. The molecule has 5 rings (SSSR count). The van der Waals surface area contributed by atoms with Gasteiger partial charge in [0.2, 0.25) is 11.7 Å². The molecule has 0 bridgehead atoms. The summed E-state index contributed by atoms with van der Waals surface area (Å²) in [6.45, 7) is 8.97. The Balaban J connectivity index is 1.31. The Kier molecular flexibility index (Phi) is 6.65. The number of rotatable bonds is 6. The number of piperazine rings is 1. The van der Waals surface area contributed by atoms with Gasteiger partial charge in [-0.2, -0.15) is 10.1 Å². The zero-order chi connectivity index (χ0) is 25.2. The summed E-state index contributed by atoms with van der Waals surface area (Å²) in [5, 5.41) is 9.77. The zero-order valence-electron chi connectivity index (χ0n) is 20.8. The van der Waals surface area contributed by atoms with Crippen LogP contribution in [0, 0.1) is 5.92 Å². The van der Waals surface area contributed by atoms with E-state index in [-0.39, 0.29) is 23.4 Å². The van der Waals surface area contributed by atoms with Crippen LogP contribution >= 0.6 is 0 Å². The molecular weight excluding hydrogens is 456 g/mol. The SMILES string of the molecule is CC(C)Cn1nc(C(=O)N2CCN(C(C)c3nc(-c4ccccc4)no3)CC2)c2ccccc2c1=O. The Labute approximate surface area is 209 Å². The molecule has 0 radical (unpaired) electrons. The first kappa shape index (κ1) is 23.9. The minimum atomic E-state index is -0.163. The van der Waals surface area contributed by atoms with E-state index in [1.165, 1.54) is 4.68 Å². The van der Waals surface area contributed by atoms with Crippen LogP contribution in [0.25, 0.3) is 22.2 Å².